The first-order valence-electron chi connectivity index (χ1n) is 9.54. The fourth-order valence-corrected chi connectivity index (χ4v) is 4.26. The molecule has 2 aliphatic rings. The van der Waals surface area contributed by atoms with E-state index in [-0.39, 0.29) is 29.0 Å². The first kappa shape index (κ1) is 19.5. The van der Waals surface area contributed by atoms with Gasteiger partial charge in [0.1, 0.15) is 5.58 Å². The third-order valence-electron chi connectivity index (χ3n) is 5.34. The summed E-state index contributed by atoms with van der Waals surface area (Å²) < 4.78 is 10.9. The zero-order valence-electron chi connectivity index (χ0n) is 16.1. The number of benzene rings is 1. The number of halogens is 1. The fraction of sp³-hybridized carbons (Fsp3) is 0.318. The number of hydrogen-bond donors (Lipinski definition) is 1. The van der Waals surface area contributed by atoms with Gasteiger partial charge in [-0.1, -0.05) is 11.6 Å². The monoisotopic (exact) mass is 413 g/mol. The minimum absolute atomic E-state index is 0.0800. The van der Waals surface area contributed by atoms with Gasteiger partial charge in [0.15, 0.2) is 11.2 Å². The molecule has 1 aliphatic carbocycles. The van der Waals surface area contributed by atoms with Gasteiger partial charge in [0.2, 0.25) is 0 Å². The first-order chi connectivity index (χ1) is 13.9. The molecule has 0 saturated carbocycles. The van der Waals surface area contributed by atoms with Crippen molar-refractivity contribution < 1.29 is 18.7 Å². The minimum atomic E-state index is -0.835. The molecule has 0 saturated heterocycles. The van der Waals surface area contributed by atoms with Crippen molar-refractivity contribution >= 4 is 34.3 Å². The van der Waals surface area contributed by atoms with Crippen molar-refractivity contribution in [1.29, 1.82) is 0 Å². The van der Waals surface area contributed by atoms with E-state index in [0.29, 0.717) is 40.1 Å². The normalized spacial score (nSPS) is 19.3. The molecule has 0 unspecified atom stereocenters. The van der Waals surface area contributed by atoms with Crippen LogP contribution in [0.3, 0.4) is 0 Å². The van der Waals surface area contributed by atoms with Crippen LogP contribution in [0.1, 0.15) is 44.6 Å². The van der Waals surface area contributed by atoms with Crippen LogP contribution in [-0.2, 0) is 14.3 Å². The van der Waals surface area contributed by atoms with Crippen molar-refractivity contribution in [2.75, 3.05) is 6.61 Å². The second-order valence-electron chi connectivity index (χ2n) is 7.15. The molecule has 1 aromatic carbocycles. The van der Waals surface area contributed by atoms with E-state index in [9.17, 15) is 14.4 Å². The lowest BCUT2D eigenvalue weighted by Crippen LogP contribution is -2.36. The second kappa shape index (κ2) is 7.52. The molecule has 1 atom stereocenters. The summed E-state index contributed by atoms with van der Waals surface area (Å²) in [6, 6.07) is 4.79. The maximum atomic E-state index is 13.3. The summed E-state index contributed by atoms with van der Waals surface area (Å²) in [6.45, 7) is 3.65. The molecule has 7 heteroatoms. The largest absolute Gasteiger partial charge is 0.464 e. The maximum Gasteiger partial charge on any atom is 0.336 e. The molecule has 0 amide bonds. The molecule has 29 heavy (non-hydrogen) atoms. The lowest BCUT2D eigenvalue weighted by molar-refractivity contribution is -0.138. The van der Waals surface area contributed by atoms with Crippen LogP contribution in [0.15, 0.2) is 56.2 Å². The van der Waals surface area contributed by atoms with E-state index in [1.807, 2.05) is 0 Å². The number of rotatable bonds is 3. The highest BCUT2D eigenvalue weighted by molar-refractivity contribution is 6.31. The van der Waals surface area contributed by atoms with Crippen molar-refractivity contribution in [2.24, 2.45) is 0 Å². The van der Waals surface area contributed by atoms with Gasteiger partial charge in [-0.3, -0.25) is 9.59 Å². The number of Topliss-reactive ketones (excluding diaryl/α,β-unsaturated/α-hetero) is 1. The number of ether oxygens (including phenoxy) is 1. The average molecular weight is 414 g/mol. The Bertz CT molecular complexity index is 1160. The van der Waals surface area contributed by atoms with E-state index in [0.717, 1.165) is 12.1 Å². The number of allylic oxidation sites excluding steroid dienone is 3. The third-order valence-corrected chi connectivity index (χ3v) is 5.58. The van der Waals surface area contributed by atoms with Crippen LogP contribution in [0.25, 0.3) is 11.0 Å². The summed E-state index contributed by atoms with van der Waals surface area (Å²) in [6.07, 6.45) is 3.11. The van der Waals surface area contributed by atoms with Crippen LogP contribution in [0.2, 0.25) is 5.02 Å². The standard InChI is InChI=1S/C22H20ClNO5/c1-3-28-22(27)18-11(2)24-15-5-4-6-16(25)20(15)19(18)14-10-29-17-8-7-12(23)9-13(17)21(14)26/h7-10,19,24H,3-6H2,1-2H3/t19-/m0/s1. The quantitative estimate of drug-likeness (QED) is 0.766. The highest BCUT2D eigenvalue weighted by Gasteiger charge is 2.40. The average Bonchev–Trinajstić information content (AvgIpc) is 2.68. The van der Waals surface area contributed by atoms with Crippen LogP contribution < -0.4 is 10.7 Å². The summed E-state index contributed by atoms with van der Waals surface area (Å²) in [5.74, 6) is -1.47. The van der Waals surface area contributed by atoms with Crippen molar-refractivity contribution in [3.05, 3.63) is 67.8 Å². The molecule has 2 heterocycles. The van der Waals surface area contributed by atoms with E-state index < -0.39 is 11.9 Å². The Morgan fingerprint density at radius 3 is 2.86 bits per heavy atom. The van der Waals surface area contributed by atoms with Crippen molar-refractivity contribution in [1.82, 2.24) is 5.32 Å². The minimum Gasteiger partial charge on any atom is -0.464 e. The Labute approximate surface area is 172 Å². The van der Waals surface area contributed by atoms with Gasteiger partial charge in [-0.15, -0.1) is 0 Å². The van der Waals surface area contributed by atoms with Crippen LogP contribution in [0.4, 0.5) is 0 Å². The van der Waals surface area contributed by atoms with Crippen LogP contribution in [0.5, 0.6) is 0 Å². The van der Waals surface area contributed by atoms with E-state index in [1.165, 1.54) is 12.3 Å². The Kier molecular flexibility index (Phi) is 5.04. The van der Waals surface area contributed by atoms with Crippen LogP contribution >= 0.6 is 11.6 Å². The topological polar surface area (TPSA) is 85.6 Å². The number of nitrogens with one attached hydrogen (secondary N) is 1. The van der Waals surface area contributed by atoms with E-state index in [4.69, 9.17) is 20.8 Å². The summed E-state index contributed by atoms with van der Waals surface area (Å²) in [5, 5.41) is 3.89. The predicted octanol–water partition coefficient (Wildman–Crippen LogP) is 3.98. The molecule has 0 spiro atoms. The van der Waals surface area contributed by atoms with Gasteiger partial charge in [0.05, 0.1) is 29.7 Å². The Morgan fingerprint density at radius 2 is 2.10 bits per heavy atom. The number of hydrogen-bond acceptors (Lipinski definition) is 6. The Morgan fingerprint density at radius 1 is 1.31 bits per heavy atom. The molecule has 150 valence electrons. The molecule has 0 fully saturated rings. The number of ketones is 1. The molecule has 6 nitrogen and oxygen atoms in total. The van der Waals surface area contributed by atoms with E-state index in [2.05, 4.69) is 5.32 Å². The number of fused-ring (bicyclic) bond motifs is 1. The van der Waals surface area contributed by atoms with Crippen molar-refractivity contribution in [2.45, 2.75) is 39.0 Å². The number of carbonyl (C=O) groups excluding carboxylic acids is 2. The van der Waals surface area contributed by atoms with Gasteiger partial charge >= 0.3 is 5.97 Å². The molecular formula is C22H20ClNO5. The number of carbonyl (C=O) groups is 2. The highest BCUT2D eigenvalue weighted by Crippen LogP contribution is 2.42. The lowest BCUT2D eigenvalue weighted by atomic mass is 9.75. The molecule has 4 rings (SSSR count). The summed E-state index contributed by atoms with van der Waals surface area (Å²) in [4.78, 5) is 39.0. The summed E-state index contributed by atoms with van der Waals surface area (Å²) in [5.41, 5.74) is 2.33. The fourth-order valence-electron chi connectivity index (χ4n) is 4.09. The number of dihydropyridines is 1. The van der Waals surface area contributed by atoms with E-state index in [1.54, 1.807) is 26.0 Å². The molecule has 2 aromatic rings. The van der Waals surface area contributed by atoms with Gasteiger partial charge in [-0.05, 0) is 44.9 Å². The molecule has 0 bridgehead atoms. The molecular weight excluding hydrogens is 394 g/mol. The zero-order valence-corrected chi connectivity index (χ0v) is 16.9. The van der Waals surface area contributed by atoms with Gasteiger partial charge in [0, 0.05) is 34.0 Å². The SMILES string of the molecule is CCOC(=O)C1=C(C)NC2=C(C(=O)CCC2)[C@H]1c1coc2ccc(Cl)cc2c1=O. The maximum absolute atomic E-state index is 13.3. The molecule has 0 radical (unpaired) electrons. The van der Waals surface area contributed by atoms with E-state index >= 15 is 0 Å². The Hall–Kier alpha value is -2.86. The second-order valence-corrected chi connectivity index (χ2v) is 7.58. The van der Waals surface area contributed by atoms with Gasteiger partial charge in [-0.25, -0.2) is 4.79 Å². The predicted molar refractivity (Wildman–Crippen MR) is 109 cm³/mol. The van der Waals surface area contributed by atoms with Crippen LogP contribution in [-0.4, -0.2) is 18.4 Å². The van der Waals surface area contributed by atoms with Gasteiger partial charge < -0.3 is 14.5 Å². The molecule has 1 aliphatic heterocycles. The van der Waals surface area contributed by atoms with Crippen molar-refractivity contribution in [3.63, 3.8) is 0 Å². The van der Waals surface area contributed by atoms with Crippen LogP contribution in [0, 0.1) is 0 Å². The van der Waals surface area contributed by atoms with Crippen molar-refractivity contribution in [3.8, 4) is 0 Å². The first-order valence-corrected chi connectivity index (χ1v) is 9.92. The molecule has 1 N–H and O–H groups in total. The lowest BCUT2D eigenvalue weighted by Gasteiger charge is -2.33. The van der Waals surface area contributed by atoms with Gasteiger partial charge in [-0.2, -0.15) is 0 Å². The summed E-state index contributed by atoms with van der Waals surface area (Å²) >= 11 is 6.07. The summed E-state index contributed by atoms with van der Waals surface area (Å²) in [7, 11) is 0. The number of esters is 1. The zero-order chi connectivity index (χ0) is 20.7. The smallest absolute Gasteiger partial charge is 0.336 e. The Balaban J connectivity index is 1.99. The highest BCUT2D eigenvalue weighted by atomic mass is 35.5. The molecule has 1 aromatic heterocycles. The van der Waals surface area contributed by atoms with Gasteiger partial charge in [0.25, 0.3) is 0 Å². The third kappa shape index (κ3) is 3.27.